The third-order valence-corrected chi connectivity index (χ3v) is 4.41. The van der Waals surface area contributed by atoms with Crippen molar-refractivity contribution in [3.05, 3.63) is 16.6 Å². The van der Waals surface area contributed by atoms with Crippen LogP contribution in [-0.2, 0) is 6.54 Å². The summed E-state index contributed by atoms with van der Waals surface area (Å²) < 4.78 is 0. The predicted molar refractivity (Wildman–Crippen MR) is 67.6 cm³/mol. The summed E-state index contributed by atoms with van der Waals surface area (Å²) in [5.74, 6) is 0.732. The van der Waals surface area contributed by atoms with E-state index < -0.39 is 0 Å². The lowest BCUT2D eigenvalue weighted by Gasteiger charge is -2.29. The van der Waals surface area contributed by atoms with Crippen molar-refractivity contribution in [2.24, 2.45) is 5.41 Å². The Balaban J connectivity index is 2.34. The number of thiazole rings is 1. The normalized spacial score (nSPS) is 11.9. The van der Waals surface area contributed by atoms with Crippen LogP contribution in [0.3, 0.4) is 0 Å². The van der Waals surface area contributed by atoms with E-state index in [1.54, 1.807) is 11.3 Å². The van der Waals surface area contributed by atoms with Crippen molar-refractivity contribution in [2.45, 2.75) is 33.2 Å². The first-order valence-corrected chi connectivity index (χ1v) is 6.82. The smallest absolute Gasteiger partial charge is 0.0794 e. The number of halogens is 1. The molecule has 1 N–H and O–H groups in total. The van der Waals surface area contributed by atoms with E-state index in [9.17, 15) is 0 Å². The molecule has 4 heteroatoms. The summed E-state index contributed by atoms with van der Waals surface area (Å²) in [7, 11) is 0. The second-order valence-corrected chi connectivity index (χ2v) is 5.15. The van der Waals surface area contributed by atoms with Gasteiger partial charge in [0.1, 0.15) is 0 Å². The molecule has 0 spiro atoms. The molecular weight excluding hydrogens is 228 g/mol. The number of rotatable bonds is 7. The van der Waals surface area contributed by atoms with Crippen LogP contribution in [0, 0.1) is 5.41 Å². The van der Waals surface area contributed by atoms with E-state index >= 15 is 0 Å². The molecule has 0 radical (unpaired) electrons. The Bertz CT molecular complexity index is 249. The molecule has 2 nitrogen and oxygen atoms in total. The Morgan fingerprint density at radius 2 is 2.20 bits per heavy atom. The number of nitrogens with zero attached hydrogens (tertiary/aromatic N) is 1. The first-order valence-electron chi connectivity index (χ1n) is 5.40. The molecule has 0 fully saturated rings. The number of hydrogen-bond acceptors (Lipinski definition) is 3. The summed E-state index contributed by atoms with van der Waals surface area (Å²) in [6.07, 6.45) is 4.17. The van der Waals surface area contributed by atoms with E-state index in [1.807, 2.05) is 11.7 Å². The maximum atomic E-state index is 6.04. The van der Waals surface area contributed by atoms with Gasteiger partial charge < -0.3 is 5.32 Å². The van der Waals surface area contributed by atoms with Gasteiger partial charge in [-0.1, -0.05) is 13.8 Å². The molecule has 0 bridgehead atoms. The van der Waals surface area contributed by atoms with Gasteiger partial charge in [0.05, 0.1) is 5.51 Å². The van der Waals surface area contributed by atoms with Gasteiger partial charge in [0.2, 0.25) is 0 Å². The highest BCUT2D eigenvalue weighted by molar-refractivity contribution is 7.09. The molecule has 0 saturated carbocycles. The highest BCUT2D eigenvalue weighted by Gasteiger charge is 2.24. The van der Waals surface area contributed by atoms with Crippen molar-refractivity contribution >= 4 is 22.9 Å². The highest BCUT2D eigenvalue weighted by atomic mass is 35.5. The van der Waals surface area contributed by atoms with Crippen LogP contribution < -0.4 is 5.32 Å². The van der Waals surface area contributed by atoms with Gasteiger partial charge in [-0.3, -0.25) is 4.98 Å². The number of aromatic nitrogens is 1. The quantitative estimate of drug-likeness (QED) is 0.747. The molecule has 0 atom stereocenters. The molecule has 0 aliphatic rings. The van der Waals surface area contributed by atoms with Gasteiger partial charge in [-0.2, -0.15) is 0 Å². The molecular formula is C11H19ClN2S. The van der Waals surface area contributed by atoms with Crippen LogP contribution in [-0.4, -0.2) is 17.4 Å². The maximum absolute atomic E-state index is 6.04. The van der Waals surface area contributed by atoms with E-state index in [1.165, 1.54) is 4.88 Å². The van der Waals surface area contributed by atoms with Gasteiger partial charge in [0, 0.05) is 30.0 Å². The van der Waals surface area contributed by atoms with E-state index in [2.05, 4.69) is 24.1 Å². The molecule has 0 aliphatic carbocycles. The minimum absolute atomic E-state index is 0.256. The van der Waals surface area contributed by atoms with Crippen molar-refractivity contribution < 1.29 is 0 Å². The number of alkyl halides is 1. The zero-order valence-corrected chi connectivity index (χ0v) is 11.0. The Morgan fingerprint density at radius 3 is 2.67 bits per heavy atom. The molecule has 0 aromatic carbocycles. The molecule has 0 unspecified atom stereocenters. The van der Waals surface area contributed by atoms with Crippen molar-refractivity contribution in [3.8, 4) is 0 Å². The van der Waals surface area contributed by atoms with Gasteiger partial charge in [-0.15, -0.1) is 22.9 Å². The predicted octanol–water partition coefficient (Wildman–Crippen LogP) is 3.28. The van der Waals surface area contributed by atoms with Crippen LogP contribution in [0.1, 0.15) is 31.6 Å². The van der Waals surface area contributed by atoms with Crippen LogP contribution in [0.5, 0.6) is 0 Å². The Hall–Kier alpha value is -0.120. The van der Waals surface area contributed by atoms with Crippen LogP contribution >= 0.6 is 22.9 Å². The molecule has 15 heavy (non-hydrogen) atoms. The average molecular weight is 247 g/mol. The molecule has 0 aliphatic heterocycles. The highest BCUT2D eigenvalue weighted by Crippen LogP contribution is 2.27. The third kappa shape index (κ3) is 3.74. The minimum Gasteiger partial charge on any atom is -0.311 e. The van der Waals surface area contributed by atoms with Gasteiger partial charge >= 0.3 is 0 Å². The van der Waals surface area contributed by atoms with Gasteiger partial charge in [0.15, 0.2) is 0 Å². The van der Waals surface area contributed by atoms with Crippen LogP contribution in [0.25, 0.3) is 0 Å². The Labute approximate surface area is 101 Å². The summed E-state index contributed by atoms with van der Waals surface area (Å²) in [5.41, 5.74) is 2.12. The topological polar surface area (TPSA) is 24.9 Å². The molecule has 1 heterocycles. The van der Waals surface area contributed by atoms with E-state index in [4.69, 9.17) is 11.6 Å². The fraction of sp³-hybridized carbons (Fsp3) is 0.727. The van der Waals surface area contributed by atoms with E-state index in [0.29, 0.717) is 0 Å². The molecule has 1 aromatic rings. The second-order valence-electron chi connectivity index (χ2n) is 3.91. The van der Waals surface area contributed by atoms with Crippen LogP contribution in [0.2, 0.25) is 0 Å². The van der Waals surface area contributed by atoms with E-state index in [0.717, 1.165) is 31.8 Å². The first-order chi connectivity index (χ1) is 7.26. The lowest BCUT2D eigenvalue weighted by Crippen LogP contribution is -2.34. The fourth-order valence-electron chi connectivity index (χ4n) is 1.52. The van der Waals surface area contributed by atoms with Crippen LogP contribution in [0.4, 0.5) is 0 Å². The standard InChI is InChI=1S/C11H19ClN2S/c1-3-11(4-2,7-12)8-13-5-10-6-14-9-15-10/h6,9,13H,3-5,7-8H2,1-2H3. The summed E-state index contributed by atoms with van der Waals surface area (Å²) in [5, 5.41) is 3.47. The third-order valence-electron chi connectivity index (χ3n) is 3.07. The lowest BCUT2D eigenvalue weighted by molar-refractivity contribution is 0.286. The summed E-state index contributed by atoms with van der Waals surface area (Å²) in [6, 6.07) is 0. The Kier molecular flexibility index (Phi) is 5.58. The average Bonchev–Trinajstić information content (AvgIpc) is 2.78. The first kappa shape index (κ1) is 12.9. The lowest BCUT2D eigenvalue weighted by atomic mass is 9.84. The molecule has 86 valence electrons. The second kappa shape index (κ2) is 6.46. The fourth-order valence-corrected chi connectivity index (χ4v) is 2.55. The Morgan fingerprint density at radius 1 is 1.47 bits per heavy atom. The van der Waals surface area contributed by atoms with Crippen molar-refractivity contribution in [1.29, 1.82) is 0 Å². The van der Waals surface area contributed by atoms with Gasteiger partial charge in [0.25, 0.3) is 0 Å². The zero-order chi connectivity index (χ0) is 11.1. The largest absolute Gasteiger partial charge is 0.311 e. The molecule has 1 aromatic heterocycles. The number of nitrogens with one attached hydrogen (secondary N) is 1. The minimum atomic E-state index is 0.256. The van der Waals surface area contributed by atoms with Gasteiger partial charge in [-0.25, -0.2) is 0 Å². The van der Waals surface area contributed by atoms with Crippen molar-refractivity contribution in [2.75, 3.05) is 12.4 Å². The summed E-state index contributed by atoms with van der Waals surface area (Å²) in [6.45, 7) is 6.31. The zero-order valence-electron chi connectivity index (χ0n) is 9.42. The molecule has 0 amide bonds. The molecule has 1 rings (SSSR count). The molecule has 0 saturated heterocycles. The van der Waals surface area contributed by atoms with Crippen molar-refractivity contribution in [1.82, 2.24) is 10.3 Å². The monoisotopic (exact) mass is 246 g/mol. The maximum Gasteiger partial charge on any atom is 0.0794 e. The summed E-state index contributed by atoms with van der Waals surface area (Å²) >= 11 is 7.73. The SMILES string of the molecule is CCC(CC)(CCl)CNCc1cncs1. The summed E-state index contributed by atoms with van der Waals surface area (Å²) in [4.78, 5) is 5.33. The van der Waals surface area contributed by atoms with E-state index in [-0.39, 0.29) is 5.41 Å². The van der Waals surface area contributed by atoms with Crippen LogP contribution in [0.15, 0.2) is 11.7 Å². The number of hydrogen-bond donors (Lipinski definition) is 1. The van der Waals surface area contributed by atoms with Crippen molar-refractivity contribution in [3.63, 3.8) is 0 Å². The van der Waals surface area contributed by atoms with Gasteiger partial charge in [-0.05, 0) is 18.3 Å².